The fourth-order valence-electron chi connectivity index (χ4n) is 2.20. The molecule has 1 aromatic heterocycles. The summed E-state index contributed by atoms with van der Waals surface area (Å²) in [6.45, 7) is 5.09. The minimum atomic E-state index is -0.973. The SMILES string of the molecule is Cc1cc(C)nc(N2CCC[C@@H](C(=O)[O-])C2)n1. The first-order valence-corrected chi connectivity index (χ1v) is 5.84. The molecule has 0 amide bonds. The van der Waals surface area contributed by atoms with Crippen molar-refractivity contribution in [2.45, 2.75) is 26.7 Å². The van der Waals surface area contributed by atoms with Crippen molar-refractivity contribution in [3.8, 4) is 0 Å². The highest BCUT2D eigenvalue weighted by Gasteiger charge is 2.22. The van der Waals surface area contributed by atoms with Gasteiger partial charge in [0, 0.05) is 36.4 Å². The van der Waals surface area contributed by atoms with Crippen LogP contribution < -0.4 is 10.0 Å². The first kappa shape index (κ1) is 11.8. The highest BCUT2D eigenvalue weighted by Crippen LogP contribution is 2.20. The van der Waals surface area contributed by atoms with E-state index in [9.17, 15) is 9.90 Å². The van der Waals surface area contributed by atoms with E-state index in [1.54, 1.807) is 0 Å². The summed E-state index contributed by atoms with van der Waals surface area (Å²) < 4.78 is 0. The molecule has 2 rings (SSSR count). The van der Waals surface area contributed by atoms with Gasteiger partial charge in [0.1, 0.15) is 0 Å². The molecule has 1 aliphatic rings. The van der Waals surface area contributed by atoms with Gasteiger partial charge in [-0.25, -0.2) is 9.97 Å². The van der Waals surface area contributed by atoms with Crippen molar-refractivity contribution >= 4 is 11.9 Å². The first-order valence-electron chi connectivity index (χ1n) is 5.84. The van der Waals surface area contributed by atoms with Gasteiger partial charge in [0.25, 0.3) is 0 Å². The van der Waals surface area contributed by atoms with Crippen LogP contribution in [0, 0.1) is 19.8 Å². The molecule has 0 N–H and O–H groups in total. The maximum absolute atomic E-state index is 10.9. The van der Waals surface area contributed by atoms with E-state index in [1.807, 2.05) is 24.8 Å². The summed E-state index contributed by atoms with van der Waals surface area (Å²) in [6, 6.07) is 1.91. The van der Waals surface area contributed by atoms with Gasteiger partial charge in [0.2, 0.25) is 5.95 Å². The number of carbonyl (C=O) groups excluding carboxylic acids is 1. The minimum Gasteiger partial charge on any atom is -0.550 e. The van der Waals surface area contributed by atoms with E-state index in [1.165, 1.54) is 0 Å². The fourth-order valence-corrected chi connectivity index (χ4v) is 2.20. The molecule has 2 heterocycles. The number of hydrogen-bond donors (Lipinski definition) is 0. The van der Waals surface area contributed by atoms with E-state index in [2.05, 4.69) is 9.97 Å². The lowest BCUT2D eigenvalue weighted by molar-refractivity contribution is -0.311. The summed E-state index contributed by atoms with van der Waals surface area (Å²) in [6.07, 6.45) is 1.53. The molecule has 0 spiro atoms. The summed E-state index contributed by atoms with van der Waals surface area (Å²) in [4.78, 5) is 21.5. The number of aryl methyl sites for hydroxylation is 2. The smallest absolute Gasteiger partial charge is 0.225 e. The van der Waals surface area contributed by atoms with Gasteiger partial charge >= 0.3 is 0 Å². The standard InChI is InChI=1S/C12H17N3O2/c1-8-6-9(2)14-12(13-8)15-5-3-4-10(7-15)11(16)17/h6,10H,3-5,7H2,1-2H3,(H,16,17)/p-1/t10-/m1/s1. The van der Waals surface area contributed by atoms with E-state index < -0.39 is 11.9 Å². The average molecular weight is 234 g/mol. The van der Waals surface area contributed by atoms with Crippen LogP contribution in [0.3, 0.4) is 0 Å². The quantitative estimate of drug-likeness (QED) is 0.723. The minimum absolute atomic E-state index is 0.409. The lowest BCUT2D eigenvalue weighted by Crippen LogP contribution is -2.44. The monoisotopic (exact) mass is 234 g/mol. The average Bonchev–Trinajstić information content (AvgIpc) is 2.28. The summed E-state index contributed by atoms with van der Waals surface area (Å²) in [5.41, 5.74) is 1.81. The van der Waals surface area contributed by atoms with Gasteiger partial charge in [0.05, 0.1) is 0 Å². The van der Waals surface area contributed by atoms with Crippen molar-refractivity contribution < 1.29 is 9.90 Å². The maximum Gasteiger partial charge on any atom is 0.225 e. The maximum atomic E-state index is 10.9. The largest absolute Gasteiger partial charge is 0.550 e. The Kier molecular flexibility index (Phi) is 3.26. The zero-order valence-electron chi connectivity index (χ0n) is 10.1. The van der Waals surface area contributed by atoms with Crippen LogP contribution >= 0.6 is 0 Å². The molecule has 1 saturated heterocycles. The highest BCUT2D eigenvalue weighted by molar-refractivity contribution is 5.68. The Balaban J connectivity index is 2.18. The highest BCUT2D eigenvalue weighted by atomic mass is 16.4. The van der Waals surface area contributed by atoms with Crippen molar-refractivity contribution in [1.29, 1.82) is 0 Å². The van der Waals surface area contributed by atoms with Gasteiger partial charge in [-0.05, 0) is 32.8 Å². The second kappa shape index (κ2) is 4.69. The van der Waals surface area contributed by atoms with E-state index in [0.29, 0.717) is 18.9 Å². The molecule has 5 nitrogen and oxygen atoms in total. The van der Waals surface area contributed by atoms with Crippen molar-refractivity contribution in [1.82, 2.24) is 9.97 Å². The first-order chi connectivity index (χ1) is 8.06. The van der Waals surface area contributed by atoms with Gasteiger partial charge in [-0.3, -0.25) is 0 Å². The fraction of sp³-hybridized carbons (Fsp3) is 0.583. The summed E-state index contributed by atoms with van der Waals surface area (Å²) in [5.74, 6) is -0.749. The molecule has 92 valence electrons. The third kappa shape index (κ3) is 2.72. The van der Waals surface area contributed by atoms with Crippen LogP contribution in [-0.2, 0) is 4.79 Å². The number of carboxylic acid groups (broad SMARTS) is 1. The predicted molar refractivity (Wildman–Crippen MR) is 61.5 cm³/mol. The Hall–Kier alpha value is -1.65. The second-order valence-electron chi connectivity index (χ2n) is 4.55. The Bertz CT molecular complexity index is 414. The lowest BCUT2D eigenvalue weighted by Gasteiger charge is -2.33. The molecule has 1 fully saturated rings. The summed E-state index contributed by atoms with van der Waals surface area (Å²) in [7, 11) is 0. The Morgan fingerprint density at radius 3 is 2.65 bits per heavy atom. The molecule has 5 heteroatoms. The molecular formula is C12H16N3O2-. The van der Waals surface area contributed by atoms with Crippen LogP contribution in [0.2, 0.25) is 0 Å². The van der Waals surface area contributed by atoms with Gasteiger partial charge in [-0.1, -0.05) is 0 Å². The van der Waals surface area contributed by atoms with Crippen LogP contribution in [-0.4, -0.2) is 29.0 Å². The second-order valence-corrected chi connectivity index (χ2v) is 4.55. The number of carboxylic acids is 1. The number of hydrogen-bond acceptors (Lipinski definition) is 5. The number of nitrogens with zero attached hydrogens (tertiary/aromatic N) is 3. The Morgan fingerprint density at radius 1 is 1.41 bits per heavy atom. The number of rotatable bonds is 2. The zero-order chi connectivity index (χ0) is 12.4. The third-order valence-electron chi connectivity index (χ3n) is 3.01. The molecule has 1 aliphatic heterocycles. The topological polar surface area (TPSA) is 69.2 Å². The van der Waals surface area contributed by atoms with Crippen molar-refractivity contribution in [2.24, 2.45) is 5.92 Å². The molecule has 0 aliphatic carbocycles. The molecule has 0 saturated carbocycles. The summed E-state index contributed by atoms with van der Waals surface area (Å²) in [5, 5.41) is 10.9. The van der Waals surface area contributed by atoms with Crippen LogP contribution in [0.5, 0.6) is 0 Å². The Labute approximate surface area is 100 Å². The van der Waals surface area contributed by atoms with Gasteiger partial charge in [0.15, 0.2) is 0 Å². The number of piperidine rings is 1. The van der Waals surface area contributed by atoms with E-state index >= 15 is 0 Å². The molecule has 0 aromatic carbocycles. The van der Waals surface area contributed by atoms with Crippen molar-refractivity contribution in [3.63, 3.8) is 0 Å². The zero-order valence-corrected chi connectivity index (χ0v) is 10.1. The van der Waals surface area contributed by atoms with E-state index in [-0.39, 0.29) is 0 Å². The summed E-state index contributed by atoms with van der Waals surface area (Å²) >= 11 is 0. The van der Waals surface area contributed by atoms with Crippen LogP contribution in [0.15, 0.2) is 6.07 Å². The van der Waals surface area contributed by atoms with Crippen LogP contribution in [0.1, 0.15) is 24.2 Å². The molecule has 0 bridgehead atoms. The van der Waals surface area contributed by atoms with E-state index in [4.69, 9.17) is 0 Å². The third-order valence-corrected chi connectivity index (χ3v) is 3.01. The van der Waals surface area contributed by atoms with E-state index in [0.717, 1.165) is 24.4 Å². The molecule has 17 heavy (non-hydrogen) atoms. The predicted octanol–water partition coefficient (Wildman–Crippen LogP) is 0.0597. The number of anilines is 1. The van der Waals surface area contributed by atoms with Gasteiger partial charge in [-0.2, -0.15) is 0 Å². The molecular weight excluding hydrogens is 218 g/mol. The van der Waals surface area contributed by atoms with Gasteiger partial charge in [-0.15, -0.1) is 0 Å². The van der Waals surface area contributed by atoms with Crippen LogP contribution in [0.4, 0.5) is 5.95 Å². The molecule has 1 aromatic rings. The number of aliphatic carboxylic acids is 1. The molecule has 0 unspecified atom stereocenters. The van der Waals surface area contributed by atoms with Gasteiger partial charge < -0.3 is 14.8 Å². The normalized spacial score (nSPS) is 20.4. The molecule has 0 radical (unpaired) electrons. The number of carbonyl (C=O) groups is 1. The Morgan fingerprint density at radius 2 is 2.06 bits per heavy atom. The van der Waals surface area contributed by atoms with Crippen LogP contribution in [0.25, 0.3) is 0 Å². The van der Waals surface area contributed by atoms with Crippen molar-refractivity contribution in [2.75, 3.05) is 18.0 Å². The number of aromatic nitrogens is 2. The lowest BCUT2D eigenvalue weighted by atomic mass is 9.99. The molecule has 1 atom stereocenters. The van der Waals surface area contributed by atoms with Crippen molar-refractivity contribution in [3.05, 3.63) is 17.5 Å².